The van der Waals surface area contributed by atoms with Gasteiger partial charge in [-0.05, 0) is 31.2 Å². The average molecular weight is 340 g/mol. The molecule has 24 heavy (non-hydrogen) atoms. The van der Waals surface area contributed by atoms with Crippen LogP contribution >= 0.6 is 0 Å². The number of hydrogen-bond donors (Lipinski definition) is 2. The number of rotatable bonds is 5. The molecule has 1 heterocycles. The third-order valence-corrected chi connectivity index (χ3v) is 3.09. The maximum atomic E-state index is 12.3. The number of anilines is 1. The highest BCUT2D eigenvalue weighted by molar-refractivity contribution is 6.06. The Morgan fingerprint density at radius 2 is 1.96 bits per heavy atom. The summed E-state index contributed by atoms with van der Waals surface area (Å²) < 4.78 is 42.0. The van der Waals surface area contributed by atoms with E-state index in [-0.39, 0.29) is 11.3 Å². The van der Waals surface area contributed by atoms with E-state index in [4.69, 9.17) is 9.84 Å². The first-order valence-electron chi connectivity index (χ1n) is 6.97. The molecule has 128 valence electrons. The average Bonchev–Trinajstić information content (AvgIpc) is 2.53. The summed E-state index contributed by atoms with van der Waals surface area (Å²) >= 11 is 0. The van der Waals surface area contributed by atoms with Gasteiger partial charge in [0.05, 0.1) is 5.56 Å². The van der Waals surface area contributed by atoms with Crippen molar-refractivity contribution in [3.63, 3.8) is 0 Å². The topological polar surface area (TPSA) is 71.5 Å². The third kappa shape index (κ3) is 4.69. The number of nitrogens with one attached hydrogen (secondary N) is 1. The summed E-state index contributed by atoms with van der Waals surface area (Å²) in [5.74, 6) is -0.586. The van der Waals surface area contributed by atoms with Crippen molar-refractivity contribution >= 4 is 11.6 Å². The molecular weight excluding hydrogens is 325 g/mol. The van der Waals surface area contributed by atoms with E-state index in [9.17, 15) is 18.0 Å². The molecule has 0 aliphatic carbocycles. The van der Waals surface area contributed by atoms with Crippen LogP contribution in [-0.4, -0.2) is 34.9 Å². The summed E-state index contributed by atoms with van der Waals surface area (Å²) in [5.41, 5.74) is 1.29. The van der Waals surface area contributed by atoms with E-state index in [0.717, 1.165) is 5.56 Å². The summed E-state index contributed by atoms with van der Waals surface area (Å²) in [5, 5.41) is 11.6. The molecule has 0 saturated heterocycles. The van der Waals surface area contributed by atoms with Gasteiger partial charge >= 0.3 is 6.18 Å². The molecule has 2 aromatic rings. The van der Waals surface area contributed by atoms with Gasteiger partial charge in [-0.2, -0.15) is 13.2 Å². The number of aliphatic hydroxyl groups excluding tert-OH is 1. The van der Waals surface area contributed by atoms with Gasteiger partial charge in [0.1, 0.15) is 12.4 Å². The minimum Gasteiger partial charge on any atom is -0.490 e. The third-order valence-electron chi connectivity index (χ3n) is 3.09. The number of hydrogen-bond acceptors (Lipinski definition) is 4. The van der Waals surface area contributed by atoms with Gasteiger partial charge in [0.15, 0.2) is 6.10 Å². The number of halogens is 3. The van der Waals surface area contributed by atoms with Crippen molar-refractivity contribution in [3.8, 4) is 5.75 Å². The zero-order valence-electron chi connectivity index (χ0n) is 12.7. The number of aryl methyl sites for hydroxylation is 1. The van der Waals surface area contributed by atoms with Gasteiger partial charge < -0.3 is 15.2 Å². The molecule has 0 bridgehead atoms. The summed E-state index contributed by atoms with van der Waals surface area (Å²) in [4.78, 5) is 16.2. The first-order chi connectivity index (χ1) is 11.3. The van der Waals surface area contributed by atoms with Gasteiger partial charge in [-0.15, -0.1) is 0 Å². The lowest BCUT2D eigenvalue weighted by Gasteiger charge is -2.17. The van der Waals surface area contributed by atoms with Crippen LogP contribution in [0.15, 0.2) is 42.7 Å². The highest BCUT2D eigenvalue weighted by Crippen LogP contribution is 2.24. The number of pyridine rings is 1. The number of aromatic nitrogens is 1. The number of alkyl halides is 3. The van der Waals surface area contributed by atoms with Crippen LogP contribution in [-0.2, 0) is 0 Å². The standard InChI is InChI=1S/C16H15F3N2O3/c1-10-2-3-13(24-9-14(22)16(17,18)19)12(8-10)15(23)21-11-4-6-20-7-5-11/h2-8,14,22H,9H2,1H3,(H,20,21,23). The molecule has 1 aromatic carbocycles. The summed E-state index contributed by atoms with van der Waals surface area (Å²) in [6, 6.07) is 7.62. The van der Waals surface area contributed by atoms with E-state index >= 15 is 0 Å². The fraction of sp³-hybridized carbons (Fsp3) is 0.250. The lowest BCUT2D eigenvalue weighted by molar-refractivity contribution is -0.210. The lowest BCUT2D eigenvalue weighted by atomic mass is 10.1. The Morgan fingerprint density at radius 1 is 1.29 bits per heavy atom. The van der Waals surface area contributed by atoms with Crippen LogP contribution in [0.5, 0.6) is 5.75 Å². The molecule has 1 unspecified atom stereocenters. The second-order valence-corrected chi connectivity index (χ2v) is 5.06. The van der Waals surface area contributed by atoms with E-state index in [2.05, 4.69) is 10.3 Å². The maximum absolute atomic E-state index is 12.3. The summed E-state index contributed by atoms with van der Waals surface area (Å²) in [7, 11) is 0. The SMILES string of the molecule is Cc1ccc(OCC(O)C(F)(F)F)c(C(=O)Nc2ccncc2)c1. The predicted molar refractivity (Wildman–Crippen MR) is 80.9 cm³/mol. The fourth-order valence-corrected chi connectivity index (χ4v) is 1.84. The minimum absolute atomic E-state index is 0.0459. The Balaban J connectivity index is 2.16. The highest BCUT2D eigenvalue weighted by atomic mass is 19.4. The molecule has 0 fully saturated rings. The van der Waals surface area contributed by atoms with E-state index in [1.165, 1.54) is 24.5 Å². The van der Waals surface area contributed by atoms with Gasteiger partial charge in [0.25, 0.3) is 5.91 Å². The first-order valence-corrected chi connectivity index (χ1v) is 6.97. The van der Waals surface area contributed by atoms with Crippen molar-refractivity contribution in [2.75, 3.05) is 11.9 Å². The van der Waals surface area contributed by atoms with Crippen molar-refractivity contribution in [1.29, 1.82) is 0 Å². The minimum atomic E-state index is -4.79. The molecule has 0 saturated carbocycles. The Kier molecular flexibility index (Phi) is 5.40. The van der Waals surface area contributed by atoms with Crippen molar-refractivity contribution in [2.45, 2.75) is 19.2 Å². The van der Waals surface area contributed by atoms with Crippen LogP contribution in [0.2, 0.25) is 0 Å². The molecular formula is C16H15F3N2O3. The number of amides is 1. The molecule has 1 amide bonds. The van der Waals surface area contributed by atoms with Gasteiger partial charge in [0.2, 0.25) is 0 Å². The predicted octanol–water partition coefficient (Wildman–Crippen LogP) is 2.94. The lowest BCUT2D eigenvalue weighted by Crippen LogP contribution is -2.34. The fourth-order valence-electron chi connectivity index (χ4n) is 1.84. The Bertz CT molecular complexity index is 705. The number of nitrogens with zero attached hydrogens (tertiary/aromatic N) is 1. The number of benzene rings is 1. The molecule has 0 aliphatic rings. The molecule has 1 atom stereocenters. The van der Waals surface area contributed by atoms with E-state index in [1.54, 1.807) is 25.1 Å². The van der Waals surface area contributed by atoms with Gasteiger partial charge in [-0.1, -0.05) is 11.6 Å². The summed E-state index contributed by atoms with van der Waals surface area (Å²) in [6.45, 7) is 0.736. The van der Waals surface area contributed by atoms with Crippen LogP contribution in [0, 0.1) is 6.92 Å². The van der Waals surface area contributed by atoms with Gasteiger partial charge in [0, 0.05) is 18.1 Å². The first kappa shape index (κ1) is 17.7. The monoisotopic (exact) mass is 340 g/mol. The molecule has 1 aromatic heterocycles. The van der Waals surface area contributed by atoms with Crippen molar-refractivity contribution in [3.05, 3.63) is 53.9 Å². The van der Waals surface area contributed by atoms with Crippen molar-refractivity contribution < 1.29 is 27.8 Å². The number of aliphatic hydroxyl groups is 1. The molecule has 0 aliphatic heterocycles. The number of carbonyl (C=O) groups excluding carboxylic acids is 1. The van der Waals surface area contributed by atoms with Crippen LogP contribution < -0.4 is 10.1 Å². The van der Waals surface area contributed by atoms with E-state index in [0.29, 0.717) is 5.69 Å². The second-order valence-electron chi connectivity index (χ2n) is 5.06. The Labute approximate surface area is 136 Å². The quantitative estimate of drug-likeness (QED) is 0.878. The zero-order valence-corrected chi connectivity index (χ0v) is 12.7. The van der Waals surface area contributed by atoms with Crippen molar-refractivity contribution in [1.82, 2.24) is 4.98 Å². The summed E-state index contributed by atoms with van der Waals surface area (Å²) in [6.07, 6.45) is -4.44. The molecule has 8 heteroatoms. The normalized spacial score (nSPS) is 12.5. The van der Waals surface area contributed by atoms with Crippen LogP contribution in [0.4, 0.5) is 18.9 Å². The van der Waals surface area contributed by atoms with Crippen molar-refractivity contribution in [2.24, 2.45) is 0 Å². The number of ether oxygens (including phenoxy) is 1. The largest absolute Gasteiger partial charge is 0.490 e. The molecule has 0 spiro atoms. The highest BCUT2D eigenvalue weighted by Gasteiger charge is 2.38. The van der Waals surface area contributed by atoms with E-state index < -0.39 is 24.8 Å². The Morgan fingerprint density at radius 3 is 2.58 bits per heavy atom. The molecule has 2 N–H and O–H groups in total. The van der Waals surface area contributed by atoms with Crippen LogP contribution in [0.3, 0.4) is 0 Å². The van der Waals surface area contributed by atoms with Gasteiger partial charge in [-0.3, -0.25) is 9.78 Å². The van der Waals surface area contributed by atoms with Crippen LogP contribution in [0.25, 0.3) is 0 Å². The van der Waals surface area contributed by atoms with E-state index in [1.807, 2.05) is 0 Å². The smallest absolute Gasteiger partial charge is 0.417 e. The van der Waals surface area contributed by atoms with Crippen LogP contribution in [0.1, 0.15) is 15.9 Å². The Hall–Kier alpha value is -2.61. The number of carbonyl (C=O) groups is 1. The maximum Gasteiger partial charge on any atom is 0.417 e. The molecule has 0 radical (unpaired) electrons. The second kappa shape index (κ2) is 7.31. The van der Waals surface area contributed by atoms with Gasteiger partial charge in [-0.25, -0.2) is 0 Å². The zero-order chi connectivity index (χ0) is 17.7. The molecule has 2 rings (SSSR count). The molecule has 5 nitrogen and oxygen atoms in total.